The summed E-state index contributed by atoms with van der Waals surface area (Å²) in [4.78, 5) is 0. The first-order valence-corrected chi connectivity index (χ1v) is 7.62. The lowest BCUT2D eigenvalue weighted by Crippen LogP contribution is -2.29. The fourth-order valence-electron chi connectivity index (χ4n) is 3.13. The molecule has 20 heavy (non-hydrogen) atoms. The molecule has 2 rings (SSSR count). The summed E-state index contributed by atoms with van der Waals surface area (Å²) in [5.74, 6) is 3.20. The predicted octanol–water partition coefficient (Wildman–Crippen LogP) is 4.33. The van der Waals surface area contributed by atoms with Crippen LogP contribution in [0, 0.1) is 11.8 Å². The molecule has 0 heterocycles. The van der Waals surface area contributed by atoms with E-state index in [4.69, 9.17) is 9.47 Å². The predicted molar refractivity (Wildman–Crippen MR) is 83.8 cm³/mol. The van der Waals surface area contributed by atoms with Crippen molar-refractivity contribution in [2.24, 2.45) is 11.8 Å². The summed E-state index contributed by atoms with van der Waals surface area (Å²) < 4.78 is 10.6. The summed E-state index contributed by atoms with van der Waals surface area (Å²) in [7, 11) is 3.34. The Morgan fingerprint density at radius 2 is 1.85 bits per heavy atom. The molecule has 112 valence electrons. The van der Waals surface area contributed by atoms with Gasteiger partial charge in [0.2, 0.25) is 0 Å². The molecule has 1 N–H and O–H groups in total. The Morgan fingerprint density at radius 3 is 2.50 bits per heavy atom. The molecule has 2 unspecified atom stereocenters. The van der Waals surface area contributed by atoms with Crippen molar-refractivity contribution >= 4 is 5.69 Å². The van der Waals surface area contributed by atoms with Gasteiger partial charge in [-0.15, -0.1) is 0 Å². The van der Waals surface area contributed by atoms with Gasteiger partial charge in [-0.1, -0.05) is 26.7 Å². The van der Waals surface area contributed by atoms with Gasteiger partial charge in [0.15, 0.2) is 11.5 Å². The van der Waals surface area contributed by atoms with Crippen molar-refractivity contribution in [3.63, 3.8) is 0 Å². The zero-order valence-electron chi connectivity index (χ0n) is 13.1. The highest BCUT2D eigenvalue weighted by Crippen LogP contribution is 2.34. The van der Waals surface area contributed by atoms with Gasteiger partial charge in [0.1, 0.15) is 0 Å². The molecule has 0 spiro atoms. The van der Waals surface area contributed by atoms with Crippen molar-refractivity contribution < 1.29 is 9.47 Å². The molecule has 1 aromatic rings. The van der Waals surface area contributed by atoms with Crippen LogP contribution in [-0.4, -0.2) is 20.3 Å². The van der Waals surface area contributed by atoms with E-state index in [0.29, 0.717) is 6.04 Å². The van der Waals surface area contributed by atoms with Gasteiger partial charge in [-0.05, 0) is 36.8 Å². The van der Waals surface area contributed by atoms with Crippen molar-refractivity contribution in [2.75, 3.05) is 19.5 Å². The molecular formula is C17H27NO2. The zero-order valence-corrected chi connectivity index (χ0v) is 13.1. The summed E-state index contributed by atoms with van der Waals surface area (Å²) in [6.45, 7) is 4.67. The molecule has 1 fully saturated rings. The van der Waals surface area contributed by atoms with Crippen molar-refractivity contribution in [3.8, 4) is 11.5 Å². The Bertz CT molecular complexity index is 431. The van der Waals surface area contributed by atoms with Crippen LogP contribution in [0.4, 0.5) is 5.69 Å². The first-order chi connectivity index (χ1) is 9.63. The zero-order chi connectivity index (χ0) is 14.5. The highest BCUT2D eigenvalue weighted by molar-refractivity contribution is 5.55. The smallest absolute Gasteiger partial charge is 0.162 e. The van der Waals surface area contributed by atoms with Crippen LogP contribution < -0.4 is 14.8 Å². The van der Waals surface area contributed by atoms with Crippen molar-refractivity contribution in [1.29, 1.82) is 0 Å². The third kappa shape index (κ3) is 3.59. The third-order valence-electron chi connectivity index (χ3n) is 4.41. The lowest BCUT2D eigenvalue weighted by Gasteiger charge is -2.32. The lowest BCUT2D eigenvalue weighted by molar-refractivity contribution is 0.264. The number of hydrogen-bond donors (Lipinski definition) is 1. The summed E-state index contributed by atoms with van der Waals surface area (Å²) in [5, 5.41) is 3.66. The molecule has 3 nitrogen and oxygen atoms in total. The fourth-order valence-corrected chi connectivity index (χ4v) is 3.13. The van der Waals surface area contributed by atoms with Crippen LogP contribution in [-0.2, 0) is 0 Å². The third-order valence-corrected chi connectivity index (χ3v) is 4.41. The molecule has 0 bridgehead atoms. The summed E-state index contributed by atoms with van der Waals surface area (Å²) in [5.41, 5.74) is 1.12. The topological polar surface area (TPSA) is 30.5 Å². The Balaban J connectivity index is 2.02. The van der Waals surface area contributed by atoms with E-state index in [2.05, 4.69) is 25.2 Å². The molecule has 1 aliphatic rings. The van der Waals surface area contributed by atoms with Crippen LogP contribution in [0.2, 0.25) is 0 Å². The maximum absolute atomic E-state index is 5.36. The fraction of sp³-hybridized carbons (Fsp3) is 0.647. The highest BCUT2D eigenvalue weighted by atomic mass is 16.5. The van der Waals surface area contributed by atoms with Crippen molar-refractivity contribution in [1.82, 2.24) is 0 Å². The minimum Gasteiger partial charge on any atom is -0.493 e. The second-order valence-corrected chi connectivity index (χ2v) is 6.08. The van der Waals surface area contributed by atoms with Gasteiger partial charge in [-0.3, -0.25) is 0 Å². The van der Waals surface area contributed by atoms with Crippen LogP contribution in [0.1, 0.15) is 39.5 Å². The van der Waals surface area contributed by atoms with E-state index in [0.717, 1.165) is 29.0 Å². The normalized spacial score (nSPS) is 22.6. The van der Waals surface area contributed by atoms with E-state index in [-0.39, 0.29) is 0 Å². The number of benzene rings is 1. The number of nitrogens with one attached hydrogen (secondary N) is 1. The van der Waals surface area contributed by atoms with E-state index in [9.17, 15) is 0 Å². The molecule has 0 amide bonds. The van der Waals surface area contributed by atoms with Crippen LogP contribution >= 0.6 is 0 Å². The van der Waals surface area contributed by atoms with Crippen LogP contribution in [0.15, 0.2) is 18.2 Å². The minimum absolute atomic E-state index is 0.578. The van der Waals surface area contributed by atoms with Crippen molar-refractivity contribution in [2.45, 2.75) is 45.6 Å². The number of methoxy groups -OCH3 is 2. The van der Waals surface area contributed by atoms with Gasteiger partial charge in [0.25, 0.3) is 0 Å². The number of rotatable bonds is 5. The van der Waals surface area contributed by atoms with Crippen LogP contribution in [0.25, 0.3) is 0 Å². The maximum Gasteiger partial charge on any atom is 0.162 e. The number of hydrogen-bond acceptors (Lipinski definition) is 3. The summed E-state index contributed by atoms with van der Waals surface area (Å²) in [6, 6.07) is 6.64. The van der Waals surface area contributed by atoms with Crippen LogP contribution in [0.5, 0.6) is 11.5 Å². The van der Waals surface area contributed by atoms with Gasteiger partial charge in [0, 0.05) is 17.8 Å². The summed E-state index contributed by atoms with van der Waals surface area (Å²) >= 11 is 0. The average molecular weight is 277 g/mol. The van der Waals surface area contributed by atoms with Crippen molar-refractivity contribution in [3.05, 3.63) is 18.2 Å². The molecule has 0 saturated heterocycles. The standard InChI is InChI=1S/C17H27NO2/c1-12(2)13-6-5-7-14(10-13)18-15-8-9-16(19-3)17(11-15)20-4/h8-9,11-14,18H,5-7,10H2,1-4H3. The molecule has 0 radical (unpaired) electrons. The molecule has 1 aromatic carbocycles. The van der Waals surface area contributed by atoms with Gasteiger partial charge in [0.05, 0.1) is 14.2 Å². The minimum atomic E-state index is 0.578. The van der Waals surface area contributed by atoms with E-state index in [1.165, 1.54) is 25.7 Å². The molecule has 2 atom stereocenters. The Labute approximate surface area is 122 Å². The molecule has 3 heteroatoms. The molecule has 0 aliphatic heterocycles. The maximum atomic E-state index is 5.36. The van der Waals surface area contributed by atoms with Gasteiger partial charge >= 0.3 is 0 Å². The Hall–Kier alpha value is -1.38. The molecule has 1 aliphatic carbocycles. The lowest BCUT2D eigenvalue weighted by atomic mass is 9.79. The quantitative estimate of drug-likeness (QED) is 0.869. The molecule has 1 saturated carbocycles. The largest absolute Gasteiger partial charge is 0.493 e. The first kappa shape index (κ1) is 15.0. The monoisotopic (exact) mass is 277 g/mol. The van der Waals surface area contributed by atoms with Gasteiger partial charge in [-0.2, -0.15) is 0 Å². The van der Waals surface area contributed by atoms with E-state index >= 15 is 0 Å². The summed E-state index contributed by atoms with van der Waals surface area (Å²) in [6.07, 6.45) is 5.24. The molecular weight excluding hydrogens is 250 g/mol. The highest BCUT2D eigenvalue weighted by Gasteiger charge is 2.24. The Kier molecular flexibility index (Phi) is 5.16. The van der Waals surface area contributed by atoms with Crippen LogP contribution in [0.3, 0.4) is 0 Å². The average Bonchev–Trinajstić information content (AvgIpc) is 2.47. The number of anilines is 1. The first-order valence-electron chi connectivity index (χ1n) is 7.62. The Morgan fingerprint density at radius 1 is 1.10 bits per heavy atom. The molecule has 0 aromatic heterocycles. The van der Waals surface area contributed by atoms with Gasteiger partial charge in [-0.25, -0.2) is 0 Å². The second-order valence-electron chi connectivity index (χ2n) is 6.08. The SMILES string of the molecule is COc1ccc(NC2CCCC(C(C)C)C2)cc1OC. The van der Waals surface area contributed by atoms with E-state index in [1.54, 1.807) is 14.2 Å². The second kappa shape index (κ2) is 6.87. The van der Waals surface area contributed by atoms with E-state index < -0.39 is 0 Å². The number of ether oxygens (including phenoxy) is 2. The van der Waals surface area contributed by atoms with E-state index in [1.807, 2.05) is 12.1 Å². The van der Waals surface area contributed by atoms with Gasteiger partial charge < -0.3 is 14.8 Å².